The Morgan fingerprint density at radius 2 is 1.40 bits per heavy atom. The lowest BCUT2D eigenvalue weighted by Gasteiger charge is -2.16. The van der Waals surface area contributed by atoms with Gasteiger partial charge in [0.25, 0.3) is 0 Å². The fourth-order valence-corrected chi connectivity index (χ4v) is 0.0500. The van der Waals surface area contributed by atoms with Crippen molar-refractivity contribution in [1.82, 2.24) is 0 Å². The summed E-state index contributed by atoms with van der Waals surface area (Å²) >= 11 is 0. The number of nitrogens with zero attached hydrogens (tertiary/aromatic N) is 3. The average Bonchev–Trinajstić information content (AvgIpc) is 1.90. The largest absolute Gasteiger partial charge is 0.396 e. The predicted molar refractivity (Wildman–Crippen MR) is 38.0 cm³/mol. The molecule has 0 atom stereocenters. The van der Waals surface area contributed by atoms with Crippen molar-refractivity contribution >= 4 is 0 Å². The van der Waals surface area contributed by atoms with Crippen LogP contribution in [0.4, 0.5) is 0 Å². The first-order valence-electron chi connectivity index (χ1n) is 2.74. The van der Waals surface area contributed by atoms with E-state index in [1.807, 2.05) is 0 Å². The van der Waals surface area contributed by atoms with Gasteiger partial charge in [-0.05, 0) is 0 Å². The Morgan fingerprint density at radius 3 is 1.40 bits per heavy atom. The van der Waals surface area contributed by atoms with Crippen LogP contribution in [0.15, 0.2) is 0 Å². The minimum Gasteiger partial charge on any atom is -0.396 e. The van der Waals surface area contributed by atoms with Crippen molar-refractivity contribution < 1.29 is 10.2 Å². The molecule has 0 saturated carbocycles. The normalized spacial score (nSPS) is 9.20. The second kappa shape index (κ2) is 6.35. The second-order valence-electron chi connectivity index (χ2n) is 2.57. The zero-order valence-corrected chi connectivity index (χ0v) is 6.15. The third kappa shape index (κ3) is 10.3. The summed E-state index contributed by atoms with van der Waals surface area (Å²) in [4.78, 5) is 1.50. The Hall–Kier alpha value is -0.770. The number of rotatable bonds is 2. The summed E-state index contributed by atoms with van der Waals surface area (Å²) < 4.78 is 0. The molecule has 0 aliphatic heterocycles. The van der Waals surface area contributed by atoms with E-state index in [0.717, 1.165) is 0 Å². The molecule has 0 aliphatic carbocycles. The summed E-state index contributed by atoms with van der Waals surface area (Å²) in [6, 6.07) is 0. The fraction of sp³-hybridized carbons (Fsp3) is 1.00. The van der Waals surface area contributed by atoms with Crippen molar-refractivity contribution in [3.05, 3.63) is 16.0 Å². The quantitative estimate of drug-likeness (QED) is 0.343. The van der Waals surface area contributed by atoms with Crippen LogP contribution in [0.3, 0.4) is 0 Å². The molecule has 2 N–H and O–H groups in total. The van der Waals surface area contributed by atoms with Crippen LogP contribution < -0.4 is 0 Å². The summed E-state index contributed by atoms with van der Waals surface area (Å²) in [5.41, 5.74) is 13.2. The van der Waals surface area contributed by atoms with E-state index < -0.39 is 0 Å². The summed E-state index contributed by atoms with van der Waals surface area (Å²) in [6.07, 6.45) is 0. The first kappa shape index (κ1) is 12.0. The molecule has 0 heterocycles. The van der Waals surface area contributed by atoms with Crippen molar-refractivity contribution in [3.63, 3.8) is 0 Å². The van der Waals surface area contributed by atoms with Crippen LogP contribution in [0, 0.1) is 5.41 Å². The van der Waals surface area contributed by atoms with E-state index in [0.29, 0.717) is 0 Å². The van der Waals surface area contributed by atoms with Gasteiger partial charge in [-0.15, -0.1) is 0 Å². The van der Waals surface area contributed by atoms with E-state index in [1.54, 1.807) is 13.8 Å². The van der Waals surface area contributed by atoms with E-state index in [1.165, 1.54) is 4.91 Å². The molecule has 0 rings (SSSR count). The molecule has 0 radical (unpaired) electrons. The molecule has 5 nitrogen and oxygen atoms in total. The lowest BCUT2D eigenvalue weighted by molar-refractivity contribution is 0.0857. The van der Waals surface area contributed by atoms with Gasteiger partial charge in [0, 0.05) is 5.41 Å². The Bertz CT molecular complexity index is 101. The van der Waals surface area contributed by atoms with Gasteiger partial charge in [-0.3, -0.25) is 4.91 Å². The molecule has 0 spiro atoms. The van der Waals surface area contributed by atoms with Crippen LogP contribution in [-0.2, 0) is 0 Å². The van der Waals surface area contributed by atoms with Gasteiger partial charge in [0.15, 0.2) is 0 Å². The third-order valence-corrected chi connectivity index (χ3v) is 0.856. The second-order valence-corrected chi connectivity index (χ2v) is 2.57. The average molecular weight is 146 g/mol. The maximum atomic E-state index is 8.43. The summed E-state index contributed by atoms with van der Waals surface area (Å²) in [7, 11) is 0. The third-order valence-electron chi connectivity index (χ3n) is 0.856. The molecule has 5 heteroatoms. The Balaban J connectivity index is 0. The van der Waals surface area contributed by atoms with E-state index >= 15 is 0 Å². The van der Waals surface area contributed by atoms with Crippen LogP contribution >= 0.6 is 0 Å². The maximum absolute atomic E-state index is 8.43. The highest BCUT2D eigenvalue weighted by Crippen LogP contribution is 2.10. The van der Waals surface area contributed by atoms with Crippen LogP contribution in [0.5, 0.6) is 0 Å². The molecule has 0 aromatic heterocycles. The van der Waals surface area contributed by atoms with Crippen LogP contribution in [0.1, 0.15) is 13.8 Å². The molecule has 10 heavy (non-hydrogen) atoms. The molecule has 0 saturated heterocycles. The SMILES string of the molecule is CC(C)(CO)CO.[N-]=[N+]=[N-]. The molecule has 0 aromatic rings. The lowest BCUT2D eigenvalue weighted by atomic mass is 9.97. The minimum atomic E-state index is -0.306. The topological polar surface area (TPSA) is 99.2 Å². The minimum absolute atomic E-state index is 0.0451. The first-order valence-corrected chi connectivity index (χ1v) is 2.74. The van der Waals surface area contributed by atoms with Crippen molar-refractivity contribution in [2.45, 2.75) is 13.8 Å². The van der Waals surface area contributed by atoms with Gasteiger partial charge in [0.2, 0.25) is 0 Å². The number of hydrogen-bond donors (Lipinski definition) is 2. The summed E-state index contributed by atoms with van der Waals surface area (Å²) in [6.45, 7) is 3.69. The molecule has 0 unspecified atom stereocenters. The van der Waals surface area contributed by atoms with Gasteiger partial charge in [0.05, 0.1) is 13.2 Å². The van der Waals surface area contributed by atoms with E-state index in [4.69, 9.17) is 21.3 Å². The molecule has 0 amide bonds. The molecule has 0 fully saturated rings. The molecular weight excluding hydrogens is 134 g/mol. The van der Waals surface area contributed by atoms with Gasteiger partial charge in [-0.25, -0.2) is 0 Å². The van der Waals surface area contributed by atoms with Gasteiger partial charge < -0.3 is 21.3 Å². The van der Waals surface area contributed by atoms with Crippen LogP contribution in [0.2, 0.25) is 0 Å². The molecule has 60 valence electrons. The van der Waals surface area contributed by atoms with Crippen molar-refractivity contribution in [3.8, 4) is 0 Å². The molecule has 0 aromatic carbocycles. The Kier molecular flexibility index (Phi) is 7.60. The zero-order valence-electron chi connectivity index (χ0n) is 6.15. The highest BCUT2D eigenvalue weighted by molar-refractivity contribution is 4.62. The fourth-order valence-electron chi connectivity index (χ4n) is 0.0500. The standard InChI is InChI=1S/C5H12O2.N3/c1-5(2,3-6)4-7;1-3-2/h6-7H,3-4H2,1-2H3;/q;-1. The molecule has 0 bridgehead atoms. The molecule has 0 aliphatic rings. The van der Waals surface area contributed by atoms with Gasteiger partial charge in [-0.2, -0.15) is 0 Å². The summed E-state index contributed by atoms with van der Waals surface area (Å²) in [5, 5.41) is 16.9. The predicted octanol–water partition coefficient (Wildman–Crippen LogP) is 0.863. The Labute approximate surface area is 59.7 Å². The van der Waals surface area contributed by atoms with Crippen molar-refractivity contribution in [2.24, 2.45) is 5.41 Å². The lowest BCUT2D eigenvalue weighted by Crippen LogP contribution is -2.20. The van der Waals surface area contributed by atoms with Crippen LogP contribution in [-0.4, -0.2) is 23.4 Å². The van der Waals surface area contributed by atoms with E-state index in [-0.39, 0.29) is 18.6 Å². The monoisotopic (exact) mass is 146 g/mol. The van der Waals surface area contributed by atoms with Crippen molar-refractivity contribution in [1.29, 1.82) is 0 Å². The Morgan fingerprint density at radius 1 is 1.20 bits per heavy atom. The van der Waals surface area contributed by atoms with E-state index in [2.05, 4.69) is 0 Å². The van der Waals surface area contributed by atoms with Gasteiger partial charge in [-0.1, -0.05) is 13.8 Å². The molecular formula is C5H12N3O2-. The van der Waals surface area contributed by atoms with Crippen LogP contribution in [0.25, 0.3) is 16.0 Å². The number of aliphatic hydroxyl groups excluding tert-OH is 2. The van der Waals surface area contributed by atoms with Crippen molar-refractivity contribution in [2.75, 3.05) is 13.2 Å². The number of aliphatic hydroxyl groups is 2. The van der Waals surface area contributed by atoms with E-state index in [9.17, 15) is 0 Å². The smallest absolute Gasteiger partial charge is 0.0504 e. The summed E-state index contributed by atoms with van der Waals surface area (Å²) in [5.74, 6) is 0. The maximum Gasteiger partial charge on any atom is 0.0504 e. The number of hydrogen-bond acceptors (Lipinski definition) is 2. The zero-order chi connectivity index (χ0) is 8.62. The van der Waals surface area contributed by atoms with Gasteiger partial charge in [0.1, 0.15) is 0 Å². The highest BCUT2D eigenvalue weighted by atomic mass is 16.3. The van der Waals surface area contributed by atoms with Gasteiger partial charge >= 0.3 is 0 Å². The first-order chi connectivity index (χ1) is 4.54. The highest BCUT2D eigenvalue weighted by Gasteiger charge is 2.13.